The van der Waals surface area contributed by atoms with Crippen molar-refractivity contribution in [2.24, 2.45) is 5.92 Å². The summed E-state index contributed by atoms with van der Waals surface area (Å²) in [5.74, 6) is 0.705. The van der Waals surface area contributed by atoms with Gasteiger partial charge < -0.3 is 15.3 Å². The topological polar surface area (TPSA) is 48.4 Å². The van der Waals surface area contributed by atoms with Crippen LogP contribution < -0.4 is 10.2 Å². The van der Waals surface area contributed by atoms with Gasteiger partial charge in [-0.15, -0.1) is 0 Å². The van der Waals surface area contributed by atoms with Crippen molar-refractivity contribution in [3.63, 3.8) is 0 Å². The molecule has 0 bridgehead atoms. The summed E-state index contributed by atoms with van der Waals surface area (Å²) in [6.07, 6.45) is -3.58. The van der Waals surface area contributed by atoms with Gasteiger partial charge >= 0.3 is 6.18 Å². The second kappa shape index (κ2) is 6.09. The molecular weight excluding hydrogens is 283 g/mol. The van der Waals surface area contributed by atoms with Crippen molar-refractivity contribution in [3.05, 3.63) is 17.7 Å². The first-order valence-electron chi connectivity index (χ1n) is 7.07. The van der Waals surface area contributed by atoms with Crippen LogP contribution in [0.5, 0.6) is 0 Å². The van der Waals surface area contributed by atoms with Gasteiger partial charge in [-0.25, -0.2) is 4.98 Å². The molecule has 0 radical (unpaired) electrons. The van der Waals surface area contributed by atoms with Gasteiger partial charge in [-0.2, -0.15) is 13.2 Å². The third-order valence-corrected chi connectivity index (χ3v) is 3.86. The first kappa shape index (κ1) is 15.9. The maximum atomic E-state index is 13.0. The van der Waals surface area contributed by atoms with Crippen LogP contribution in [0.1, 0.15) is 25.8 Å². The number of aromatic nitrogens is 1. The third kappa shape index (κ3) is 3.40. The molecule has 0 aromatic carbocycles. The van der Waals surface area contributed by atoms with E-state index in [9.17, 15) is 18.3 Å². The van der Waals surface area contributed by atoms with E-state index in [0.717, 1.165) is 18.6 Å². The molecule has 1 aliphatic heterocycles. The summed E-state index contributed by atoms with van der Waals surface area (Å²) in [6, 6.07) is 1.89. The number of pyridine rings is 1. The Bertz CT molecular complexity index is 493. The lowest BCUT2D eigenvalue weighted by molar-refractivity contribution is -0.137. The number of rotatable bonds is 4. The monoisotopic (exact) mass is 303 g/mol. The van der Waals surface area contributed by atoms with E-state index in [1.54, 1.807) is 11.8 Å². The van der Waals surface area contributed by atoms with Crippen LogP contribution in [0.25, 0.3) is 0 Å². The van der Waals surface area contributed by atoms with E-state index in [1.165, 1.54) is 0 Å². The average molecular weight is 303 g/mol. The predicted molar refractivity (Wildman–Crippen MR) is 75.4 cm³/mol. The highest BCUT2D eigenvalue weighted by Gasteiger charge is 2.35. The lowest BCUT2D eigenvalue weighted by Crippen LogP contribution is -2.36. The number of anilines is 2. The van der Waals surface area contributed by atoms with Gasteiger partial charge in [0.15, 0.2) is 0 Å². The van der Waals surface area contributed by atoms with Crippen molar-refractivity contribution in [2.45, 2.75) is 32.5 Å². The number of aliphatic hydroxyl groups excluding tert-OH is 1. The maximum Gasteiger partial charge on any atom is 0.416 e. The molecule has 2 heterocycles. The summed E-state index contributed by atoms with van der Waals surface area (Å²) in [7, 11) is 0. The second-order valence-electron chi connectivity index (χ2n) is 5.34. The number of nitrogens with one attached hydrogen (secondary N) is 1. The van der Waals surface area contributed by atoms with Crippen LogP contribution in [-0.2, 0) is 6.18 Å². The van der Waals surface area contributed by atoms with Crippen LogP contribution >= 0.6 is 0 Å². The Morgan fingerprint density at radius 2 is 2.14 bits per heavy atom. The van der Waals surface area contributed by atoms with E-state index in [1.807, 2.05) is 6.92 Å². The summed E-state index contributed by atoms with van der Waals surface area (Å²) >= 11 is 0. The minimum absolute atomic E-state index is 0.0877. The van der Waals surface area contributed by atoms with Gasteiger partial charge in [-0.1, -0.05) is 6.92 Å². The Labute approximate surface area is 122 Å². The van der Waals surface area contributed by atoms with Gasteiger partial charge in [0.25, 0.3) is 0 Å². The molecule has 4 nitrogen and oxygen atoms in total. The maximum absolute atomic E-state index is 13.0. The summed E-state index contributed by atoms with van der Waals surface area (Å²) < 4.78 is 39.0. The molecule has 1 fully saturated rings. The first-order valence-corrected chi connectivity index (χ1v) is 7.07. The largest absolute Gasteiger partial charge is 0.416 e. The number of alkyl halides is 3. The molecule has 7 heteroatoms. The molecule has 0 aliphatic carbocycles. The molecule has 21 heavy (non-hydrogen) atoms. The van der Waals surface area contributed by atoms with E-state index >= 15 is 0 Å². The third-order valence-electron chi connectivity index (χ3n) is 3.86. The number of hydrogen-bond donors (Lipinski definition) is 2. The molecule has 0 spiro atoms. The van der Waals surface area contributed by atoms with Crippen LogP contribution in [-0.4, -0.2) is 35.8 Å². The van der Waals surface area contributed by atoms with Crippen molar-refractivity contribution in [1.29, 1.82) is 0 Å². The van der Waals surface area contributed by atoms with E-state index in [-0.39, 0.29) is 30.2 Å². The molecule has 2 unspecified atom stereocenters. The highest BCUT2D eigenvalue weighted by Crippen LogP contribution is 2.35. The number of aliphatic hydroxyl groups is 1. The Kier molecular flexibility index (Phi) is 4.61. The minimum Gasteiger partial charge on any atom is -0.394 e. The highest BCUT2D eigenvalue weighted by atomic mass is 19.4. The smallest absolute Gasteiger partial charge is 0.394 e. The van der Waals surface area contributed by atoms with Gasteiger partial charge in [0.2, 0.25) is 0 Å². The summed E-state index contributed by atoms with van der Waals surface area (Å²) in [5.41, 5.74) is -0.723. The zero-order valence-electron chi connectivity index (χ0n) is 12.1. The molecule has 0 saturated carbocycles. The molecule has 1 saturated heterocycles. The molecule has 118 valence electrons. The normalized spacial score (nSPS) is 22.7. The standard InChI is InChI=1S/C14H20F3N3O/c1-3-18-12-6-10(14(15,16)17)7-13(19-12)20-5-4-9(2)11(20)8-21/h6-7,9,11,21H,3-5,8H2,1-2H3,(H,18,19). The molecule has 2 N–H and O–H groups in total. The lowest BCUT2D eigenvalue weighted by Gasteiger charge is -2.27. The molecule has 2 rings (SSSR count). The Morgan fingerprint density at radius 3 is 2.71 bits per heavy atom. The van der Waals surface area contributed by atoms with E-state index < -0.39 is 11.7 Å². The fourth-order valence-corrected chi connectivity index (χ4v) is 2.67. The molecular formula is C14H20F3N3O. The Morgan fingerprint density at radius 1 is 1.43 bits per heavy atom. The summed E-state index contributed by atoms with van der Waals surface area (Å²) in [5, 5.41) is 12.3. The Hall–Kier alpha value is -1.50. The molecule has 1 aromatic heterocycles. The Balaban J connectivity index is 2.40. The number of halogens is 3. The van der Waals surface area contributed by atoms with Crippen molar-refractivity contribution >= 4 is 11.6 Å². The van der Waals surface area contributed by atoms with Crippen molar-refractivity contribution in [1.82, 2.24) is 4.98 Å². The number of nitrogens with zero attached hydrogens (tertiary/aromatic N) is 2. The van der Waals surface area contributed by atoms with Crippen molar-refractivity contribution in [2.75, 3.05) is 29.9 Å². The van der Waals surface area contributed by atoms with Crippen LogP contribution in [0.2, 0.25) is 0 Å². The van der Waals surface area contributed by atoms with Crippen LogP contribution in [0.15, 0.2) is 12.1 Å². The summed E-state index contributed by atoms with van der Waals surface area (Å²) in [6.45, 7) is 4.80. The first-order chi connectivity index (χ1) is 9.86. The fourth-order valence-electron chi connectivity index (χ4n) is 2.67. The summed E-state index contributed by atoms with van der Waals surface area (Å²) in [4.78, 5) is 6.02. The fraction of sp³-hybridized carbons (Fsp3) is 0.643. The minimum atomic E-state index is -4.41. The van der Waals surface area contributed by atoms with Crippen molar-refractivity contribution in [3.8, 4) is 0 Å². The van der Waals surface area contributed by atoms with E-state index in [0.29, 0.717) is 13.1 Å². The quantitative estimate of drug-likeness (QED) is 0.898. The van der Waals surface area contributed by atoms with Gasteiger partial charge in [-0.3, -0.25) is 0 Å². The average Bonchev–Trinajstić information content (AvgIpc) is 2.79. The molecule has 1 aromatic rings. The van der Waals surface area contributed by atoms with Crippen molar-refractivity contribution < 1.29 is 18.3 Å². The van der Waals surface area contributed by atoms with Crippen LogP contribution in [0.3, 0.4) is 0 Å². The van der Waals surface area contributed by atoms with Crippen LogP contribution in [0, 0.1) is 5.92 Å². The van der Waals surface area contributed by atoms with E-state index in [2.05, 4.69) is 10.3 Å². The molecule has 1 aliphatic rings. The van der Waals surface area contributed by atoms with Gasteiger partial charge in [-0.05, 0) is 31.4 Å². The van der Waals surface area contributed by atoms with E-state index in [4.69, 9.17) is 0 Å². The van der Waals surface area contributed by atoms with Gasteiger partial charge in [0.1, 0.15) is 11.6 Å². The molecule has 0 amide bonds. The second-order valence-corrected chi connectivity index (χ2v) is 5.34. The van der Waals surface area contributed by atoms with Crippen LogP contribution in [0.4, 0.5) is 24.8 Å². The number of hydrogen-bond acceptors (Lipinski definition) is 4. The highest BCUT2D eigenvalue weighted by molar-refractivity contribution is 5.52. The van der Waals surface area contributed by atoms with Gasteiger partial charge in [0, 0.05) is 13.1 Å². The zero-order chi connectivity index (χ0) is 15.6. The zero-order valence-corrected chi connectivity index (χ0v) is 12.1. The molecule has 2 atom stereocenters. The SMILES string of the molecule is CCNc1cc(C(F)(F)F)cc(N2CCC(C)C2CO)n1. The van der Waals surface area contributed by atoms with Gasteiger partial charge in [0.05, 0.1) is 18.2 Å². The predicted octanol–water partition coefficient (Wildman–Crippen LogP) is 2.74. The lowest BCUT2D eigenvalue weighted by atomic mass is 10.0.